The van der Waals surface area contributed by atoms with Crippen molar-refractivity contribution >= 4 is 17.6 Å². The molecule has 4 rings (SSSR count). The second-order valence-electron chi connectivity index (χ2n) is 9.19. The number of nitrogens with one attached hydrogen (secondary N) is 1. The highest BCUT2D eigenvalue weighted by molar-refractivity contribution is 6.32. The van der Waals surface area contributed by atoms with Gasteiger partial charge in [-0.1, -0.05) is 72.3 Å². The maximum absolute atomic E-state index is 11.4. The zero-order valence-electron chi connectivity index (χ0n) is 21.9. The number of benzene rings is 4. The van der Waals surface area contributed by atoms with E-state index in [1.54, 1.807) is 30.3 Å². The lowest BCUT2D eigenvalue weighted by Gasteiger charge is -2.18. The molecule has 0 aromatic heterocycles. The minimum absolute atomic E-state index is 0.0866. The van der Waals surface area contributed by atoms with Gasteiger partial charge < -0.3 is 19.7 Å². The zero-order valence-corrected chi connectivity index (χ0v) is 22.7. The first-order valence-electron chi connectivity index (χ1n) is 12.7. The van der Waals surface area contributed by atoms with E-state index in [9.17, 15) is 20.3 Å². The van der Waals surface area contributed by atoms with Gasteiger partial charge in [-0.2, -0.15) is 5.26 Å². The third-order valence-corrected chi connectivity index (χ3v) is 6.79. The van der Waals surface area contributed by atoms with Gasteiger partial charge in [0.15, 0.2) is 0 Å². The summed E-state index contributed by atoms with van der Waals surface area (Å²) < 4.78 is 12.3. The maximum Gasteiger partial charge on any atom is 0.323 e. The summed E-state index contributed by atoms with van der Waals surface area (Å²) in [6, 6.07) is 27.6. The predicted molar refractivity (Wildman–Crippen MR) is 153 cm³/mol. The van der Waals surface area contributed by atoms with Crippen molar-refractivity contribution in [2.24, 2.45) is 0 Å². The molecule has 0 amide bonds. The number of nitriles is 1. The van der Waals surface area contributed by atoms with E-state index in [0.717, 1.165) is 27.8 Å². The number of carboxylic acid groups (broad SMARTS) is 1. The van der Waals surface area contributed by atoms with Crippen LogP contribution in [-0.4, -0.2) is 28.8 Å². The van der Waals surface area contributed by atoms with E-state index in [-0.39, 0.29) is 19.8 Å². The number of aliphatic hydroxyl groups excluding tert-OH is 1. The molecule has 0 heterocycles. The molecule has 3 N–H and O–H groups in total. The maximum atomic E-state index is 11.4. The second kappa shape index (κ2) is 13.6. The average molecular weight is 557 g/mol. The Morgan fingerprint density at radius 3 is 2.42 bits per heavy atom. The largest absolute Gasteiger partial charge is 0.488 e. The second-order valence-corrected chi connectivity index (χ2v) is 9.60. The van der Waals surface area contributed by atoms with Crippen molar-refractivity contribution in [2.45, 2.75) is 32.7 Å². The molecule has 4 aromatic rings. The average Bonchev–Trinajstić information content (AvgIpc) is 2.97. The van der Waals surface area contributed by atoms with Gasteiger partial charge in [0.25, 0.3) is 0 Å². The molecule has 0 radical (unpaired) electrons. The molecule has 4 aromatic carbocycles. The number of hydrogen-bond donors (Lipinski definition) is 3. The first-order chi connectivity index (χ1) is 19.4. The minimum atomic E-state index is -1.17. The summed E-state index contributed by atoms with van der Waals surface area (Å²) in [5.41, 5.74) is 6.25. The predicted octanol–water partition coefficient (Wildman–Crippen LogP) is 5.88. The van der Waals surface area contributed by atoms with Crippen molar-refractivity contribution in [1.82, 2.24) is 5.32 Å². The first kappa shape index (κ1) is 28.7. The van der Waals surface area contributed by atoms with Gasteiger partial charge in [-0.3, -0.25) is 10.1 Å². The molecule has 0 aliphatic rings. The summed E-state index contributed by atoms with van der Waals surface area (Å²) in [5, 5.41) is 31.0. The molecular weight excluding hydrogens is 528 g/mol. The van der Waals surface area contributed by atoms with Crippen LogP contribution < -0.4 is 14.8 Å². The number of ether oxygens (including phenoxy) is 2. The van der Waals surface area contributed by atoms with E-state index in [0.29, 0.717) is 27.6 Å². The van der Waals surface area contributed by atoms with Crippen LogP contribution in [0.4, 0.5) is 0 Å². The molecule has 1 atom stereocenters. The minimum Gasteiger partial charge on any atom is -0.488 e. The van der Waals surface area contributed by atoms with E-state index in [1.165, 1.54) is 0 Å². The van der Waals surface area contributed by atoms with Crippen LogP contribution in [0.15, 0.2) is 84.9 Å². The third kappa shape index (κ3) is 7.19. The van der Waals surface area contributed by atoms with Crippen molar-refractivity contribution in [2.75, 3.05) is 6.61 Å². The normalized spacial score (nSPS) is 11.4. The lowest BCUT2D eigenvalue weighted by molar-refractivity contribution is -0.140. The van der Waals surface area contributed by atoms with Crippen molar-refractivity contribution in [3.63, 3.8) is 0 Å². The van der Waals surface area contributed by atoms with Crippen LogP contribution in [0, 0.1) is 18.3 Å². The van der Waals surface area contributed by atoms with Crippen LogP contribution in [0.2, 0.25) is 5.02 Å². The Morgan fingerprint density at radius 2 is 1.70 bits per heavy atom. The molecule has 0 aliphatic heterocycles. The number of nitrogens with zero attached hydrogens (tertiary/aromatic N) is 1. The summed E-state index contributed by atoms with van der Waals surface area (Å²) in [4.78, 5) is 11.4. The van der Waals surface area contributed by atoms with Gasteiger partial charge in [0, 0.05) is 18.2 Å². The molecule has 0 spiro atoms. The van der Waals surface area contributed by atoms with Crippen molar-refractivity contribution < 1.29 is 24.5 Å². The number of hydrogen-bond acceptors (Lipinski definition) is 6. The summed E-state index contributed by atoms with van der Waals surface area (Å²) in [5.74, 6) is -0.323. The van der Waals surface area contributed by atoms with Crippen LogP contribution in [0.25, 0.3) is 11.1 Å². The Balaban J connectivity index is 1.58. The number of aliphatic hydroxyl groups is 1. The van der Waals surface area contributed by atoms with Crippen LogP contribution in [-0.2, 0) is 24.6 Å². The topological polar surface area (TPSA) is 112 Å². The lowest BCUT2D eigenvalue weighted by atomic mass is 9.97. The Hall–Kier alpha value is -4.35. The Bertz CT molecular complexity index is 1520. The van der Waals surface area contributed by atoms with E-state index in [2.05, 4.69) is 36.5 Å². The summed E-state index contributed by atoms with van der Waals surface area (Å²) in [6.45, 7) is 2.02. The number of halogens is 1. The number of aliphatic carboxylic acids is 1. The quantitative estimate of drug-likeness (QED) is 0.200. The first-order valence-corrected chi connectivity index (χ1v) is 13.1. The fraction of sp³-hybridized carbons (Fsp3) is 0.188. The fourth-order valence-electron chi connectivity index (χ4n) is 4.24. The third-order valence-electron chi connectivity index (χ3n) is 6.50. The highest BCUT2D eigenvalue weighted by Crippen LogP contribution is 2.35. The number of rotatable bonds is 12. The van der Waals surface area contributed by atoms with E-state index < -0.39 is 18.6 Å². The lowest BCUT2D eigenvalue weighted by Crippen LogP contribution is -2.39. The van der Waals surface area contributed by atoms with Crippen LogP contribution in [0.3, 0.4) is 0 Å². The molecule has 8 heteroatoms. The fourth-order valence-corrected chi connectivity index (χ4v) is 4.48. The highest BCUT2D eigenvalue weighted by Gasteiger charge is 2.18. The van der Waals surface area contributed by atoms with Gasteiger partial charge in [0.05, 0.1) is 23.3 Å². The van der Waals surface area contributed by atoms with Gasteiger partial charge >= 0.3 is 5.97 Å². The Morgan fingerprint density at radius 1 is 0.950 bits per heavy atom. The SMILES string of the molecule is Cc1c(COc2cc(OCc3cccc(C#N)c3)c(CN[C@@H](CO)C(=O)O)cc2Cl)cccc1-c1ccccc1. The van der Waals surface area contributed by atoms with E-state index >= 15 is 0 Å². The number of carbonyl (C=O) groups is 1. The highest BCUT2D eigenvalue weighted by atomic mass is 35.5. The van der Waals surface area contributed by atoms with Crippen LogP contribution in [0.5, 0.6) is 11.5 Å². The Kier molecular flexibility index (Phi) is 9.76. The molecule has 40 heavy (non-hydrogen) atoms. The molecule has 0 saturated carbocycles. The van der Waals surface area contributed by atoms with Crippen molar-refractivity contribution in [3.05, 3.63) is 118 Å². The standard InChI is InChI=1S/C32H29ClN2O5/c1-21-25(11-6-12-27(21)24-9-3-2-4-10-24)20-40-31-15-30(39-19-23-8-5-7-22(13-23)16-34)26(14-28(31)33)17-35-29(18-36)32(37)38/h2-15,29,35-36H,17-20H2,1H3,(H,37,38)/t29-/m0/s1. The molecule has 0 aliphatic carbocycles. The molecule has 204 valence electrons. The Labute approximate surface area is 238 Å². The smallest absolute Gasteiger partial charge is 0.323 e. The molecule has 0 saturated heterocycles. The summed E-state index contributed by atoms with van der Waals surface area (Å²) in [6.07, 6.45) is 0. The van der Waals surface area contributed by atoms with Crippen molar-refractivity contribution in [1.29, 1.82) is 5.26 Å². The van der Waals surface area contributed by atoms with Gasteiger partial charge in [-0.15, -0.1) is 0 Å². The summed E-state index contributed by atoms with van der Waals surface area (Å²) >= 11 is 6.59. The molecule has 0 bridgehead atoms. The van der Waals surface area contributed by atoms with Crippen LogP contribution >= 0.6 is 11.6 Å². The van der Waals surface area contributed by atoms with Gasteiger partial charge in [-0.25, -0.2) is 0 Å². The van der Waals surface area contributed by atoms with E-state index in [1.807, 2.05) is 36.4 Å². The van der Waals surface area contributed by atoms with E-state index in [4.69, 9.17) is 21.1 Å². The van der Waals surface area contributed by atoms with Gasteiger partial charge in [-0.05, 0) is 52.9 Å². The molecule has 7 nitrogen and oxygen atoms in total. The zero-order chi connectivity index (χ0) is 28.5. The van der Waals surface area contributed by atoms with Gasteiger partial charge in [0.1, 0.15) is 30.8 Å². The monoisotopic (exact) mass is 556 g/mol. The molecule has 0 unspecified atom stereocenters. The molecule has 0 fully saturated rings. The molecular formula is C32H29ClN2O5. The summed E-state index contributed by atoms with van der Waals surface area (Å²) in [7, 11) is 0. The van der Waals surface area contributed by atoms with Crippen LogP contribution in [0.1, 0.15) is 27.8 Å². The van der Waals surface area contributed by atoms with Crippen molar-refractivity contribution in [3.8, 4) is 28.7 Å². The number of carboxylic acids is 1. The van der Waals surface area contributed by atoms with Gasteiger partial charge in [0.2, 0.25) is 0 Å².